The zero-order valence-corrected chi connectivity index (χ0v) is 20.8. The summed E-state index contributed by atoms with van der Waals surface area (Å²) in [5.41, 5.74) is 2.65. The zero-order chi connectivity index (χ0) is 22.1. The molecule has 0 saturated carbocycles. The van der Waals surface area contributed by atoms with E-state index >= 15 is 0 Å². The van der Waals surface area contributed by atoms with E-state index in [9.17, 15) is 13.9 Å². The first-order valence-electron chi connectivity index (χ1n) is 11.0. The minimum atomic E-state index is -0.432. The van der Waals surface area contributed by atoms with E-state index in [2.05, 4.69) is 44.8 Å². The van der Waals surface area contributed by atoms with Crippen LogP contribution in [0, 0.1) is 17.6 Å². The molecule has 0 amide bonds. The fourth-order valence-corrected chi connectivity index (χ4v) is 3.75. The molecule has 0 spiro atoms. The maximum absolute atomic E-state index is 13.8. The number of nitrogens with zero attached hydrogens (tertiary/aromatic N) is 2. The van der Waals surface area contributed by atoms with Crippen LogP contribution in [0.1, 0.15) is 30.9 Å². The Labute approximate surface area is 206 Å². The van der Waals surface area contributed by atoms with Gasteiger partial charge in [0.25, 0.3) is 0 Å². The molecular formula is C24H33F2IN4O. The van der Waals surface area contributed by atoms with E-state index in [0.29, 0.717) is 43.5 Å². The number of guanidine groups is 1. The second kappa shape index (κ2) is 13.6. The van der Waals surface area contributed by atoms with Crippen molar-refractivity contribution < 1.29 is 13.9 Å². The van der Waals surface area contributed by atoms with Crippen LogP contribution in [0.2, 0.25) is 0 Å². The molecule has 1 aliphatic heterocycles. The molecule has 1 heterocycles. The van der Waals surface area contributed by atoms with Gasteiger partial charge in [-0.15, -0.1) is 24.0 Å². The predicted molar refractivity (Wildman–Crippen MR) is 137 cm³/mol. The second-order valence-corrected chi connectivity index (χ2v) is 7.89. The van der Waals surface area contributed by atoms with Crippen LogP contribution >= 0.6 is 24.0 Å². The van der Waals surface area contributed by atoms with Gasteiger partial charge < -0.3 is 20.6 Å². The molecule has 2 aromatic carbocycles. The molecule has 2 aromatic rings. The van der Waals surface area contributed by atoms with E-state index in [1.165, 1.54) is 11.8 Å². The van der Waals surface area contributed by atoms with Crippen molar-refractivity contribution >= 4 is 35.6 Å². The first-order valence-corrected chi connectivity index (χ1v) is 11.0. The van der Waals surface area contributed by atoms with Gasteiger partial charge >= 0.3 is 0 Å². The van der Waals surface area contributed by atoms with E-state index in [1.807, 2.05) is 6.92 Å². The maximum atomic E-state index is 13.8. The molecular weight excluding hydrogens is 525 g/mol. The van der Waals surface area contributed by atoms with Gasteiger partial charge in [-0.3, -0.25) is 0 Å². The molecule has 0 bridgehead atoms. The lowest BCUT2D eigenvalue weighted by Crippen LogP contribution is -2.38. The van der Waals surface area contributed by atoms with Crippen molar-refractivity contribution in [1.82, 2.24) is 10.6 Å². The summed E-state index contributed by atoms with van der Waals surface area (Å²) >= 11 is 0. The molecule has 0 radical (unpaired) electrons. The second-order valence-electron chi connectivity index (χ2n) is 7.89. The molecule has 1 fully saturated rings. The Morgan fingerprint density at radius 3 is 2.47 bits per heavy atom. The summed E-state index contributed by atoms with van der Waals surface area (Å²) in [5.74, 6) is 0.248. The molecule has 3 rings (SSSR count). The first kappa shape index (κ1) is 26.3. The van der Waals surface area contributed by atoms with Crippen molar-refractivity contribution in [2.24, 2.45) is 10.9 Å². The summed E-state index contributed by atoms with van der Waals surface area (Å²) < 4.78 is 27.1. The number of hydrogen-bond acceptors (Lipinski definition) is 3. The van der Waals surface area contributed by atoms with Gasteiger partial charge in [-0.2, -0.15) is 0 Å². The van der Waals surface area contributed by atoms with Gasteiger partial charge in [0.05, 0.1) is 6.54 Å². The third-order valence-corrected chi connectivity index (χ3v) is 5.63. The number of benzene rings is 2. The number of aliphatic hydroxyl groups excluding tert-OH is 1. The normalized spacial score (nSPS) is 14.8. The van der Waals surface area contributed by atoms with Crippen molar-refractivity contribution in [2.45, 2.75) is 32.7 Å². The van der Waals surface area contributed by atoms with Crippen molar-refractivity contribution in [1.29, 1.82) is 0 Å². The lowest BCUT2D eigenvalue weighted by atomic mass is 9.97. The SMILES string of the molecule is CCNC(=NCc1ccc(N2CCC(CO)CC2)cc1)NCCc1cc(F)ccc1F.I. The van der Waals surface area contributed by atoms with Gasteiger partial charge in [0.1, 0.15) is 11.6 Å². The van der Waals surface area contributed by atoms with Gasteiger partial charge in [-0.05, 0) is 73.6 Å². The monoisotopic (exact) mass is 558 g/mol. The molecule has 176 valence electrons. The Balaban J connectivity index is 0.00000363. The Morgan fingerprint density at radius 1 is 1.09 bits per heavy atom. The van der Waals surface area contributed by atoms with Crippen LogP contribution in [0.15, 0.2) is 47.5 Å². The lowest BCUT2D eigenvalue weighted by Gasteiger charge is -2.32. The van der Waals surface area contributed by atoms with E-state index in [4.69, 9.17) is 0 Å². The highest BCUT2D eigenvalue weighted by atomic mass is 127. The molecule has 1 aliphatic rings. The Morgan fingerprint density at radius 2 is 1.81 bits per heavy atom. The van der Waals surface area contributed by atoms with Crippen molar-refractivity contribution in [3.8, 4) is 0 Å². The first-order chi connectivity index (χ1) is 15.1. The van der Waals surface area contributed by atoms with E-state index < -0.39 is 11.6 Å². The molecule has 0 unspecified atom stereocenters. The molecule has 32 heavy (non-hydrogen) atoms. The standard InChI is InChI=1S/C24H32F2N4O.HI/c1-2-27-24(28-12-9-20-15-21(25)5-8-23(20)26)29-16-18-3-6-22(7-4-18)30-13-10-19(17-31)11-14-30;/h3-8,15,19,31H,2,9-14,16-17H2,1H3,(H2,27,28,29);1H. The number of aliphatic imine (C=N–C) groups is 1. The maximum Gasteiger partial charge on any atom is 0.191 e. The summed E-state index contributed by atoms with van der Waals surface area (Å²) in [5, 5.41) is 15.6. The number of aliphatic hydroxyl groups is 1. The summed E-state index contributed by atoms with van der Waals surface area (Å²) in [4.78, 5) is 6.96. The van der Waals surface area contributed by atoms with Gasteiger partial charge in [0, 0.05) is 38.5 Å². The minimum absolute atomic E-state index is 0. The van der Waals surface area contributed by atoms with E-state index in [1.54, 1.807) is 0 Å². The van der Waals surface area contributed by atoms with Crippen LogP contribution in [0.25, 0.3) is 0 Å². The molecule has 0 aliphatic carbocycles. The number of hydrogen-bond donors (Lipinski definition) is 3. The Bertz CT molecular complexity index is 856. The minimum Gasteiger partial charge on any atom is -0.396 e. The molecule has 0 aromatic heterocycles. The molecule has 3 N–H and O–H groups in total. The van der Waals surface area contributed by atoms with Crippen molar-refractivity contribution in [3.63, 3.8) is 0 Å². The predicted octanol–water partition coefficient (Wildman–Crippen LogP) is 4.09. The number of nitrogens with one attached hydrogen (secondary N) is 2. The lowest BCUT2D eigenvalue weighted by molar-refractivity contribution is 0.203. The smallest absolute Gasteiger partial charge is 0.191 e. The van der Waals surface area contributed by atoms with Gasteiger partial charge in [0.2, 0.25) is 0 Å². The highest BCUT2D eigenvalue weighted by Crippen LogP contribution is 2.23. The summed E-state index contributed by atoms with van der Waals surface area (Å²) in [7, 11) is 0. The molecule has 0 atom stereocenters. The molecule has 5 nitrogen and oxygen atoms in total. The highest BCUT2D eigenvalue weighted by Gasteiger charge is 2.18. The van der Waals surface area contributed by atoms with Crippen LogP contribution < -0.4 is 15.5 Å². The van der Waals surface area contributed by atoms with Gasteiger partial charge in [0.15, 0.2) is 5.96 Å². The quantitative estimate of drug-likeness (QED) is 0.260. The van der Waals surface area contributed by atoms with E-state index in [-0.39, 0.29) is 30.6 Å². The van der Waals surface area contributed by atoms with Crippen LogP contribution in [0.4, 0.5) is 14.5 Å². The van der Waals surface area contributed by atoms with Crippen LogP contribution in [-0.4, -0.2) is 43.9 Å². The third-order valence-electron chi connectivity index (χ3n) is 5.63. The van der Waals surface area contributed by atoms with E-state index in [0.717, 1.165) is 43.6 Å². The van der Waals surface area contributed by atoms with Crippen molar-refractivity contribution in [3.05, 3.63) is 65.2 Å². The largest absolute Gasteiger partial charge is 0.396 e. The Kier molecular flexibility index (Phi) is 11.2. The highest BCUT2D eigenvalue weighted by molar-refractivity contribution is 14.0. The van der Waals surface area contributed by atoms with Crippen LogP contribution in [0.3, 0.4) is 0 Å². The summed E-state index contributed by atoms with van der Waals surface area (Å²) in [6.07, 6.45) is 2.43. The number of halogens is 3. The zero-order valence-electron chi connectivity index (χ0n) is 18.5. The topological polar surface area (TPSA) is 59.9 Å². The van der Waals surface area contributed by atoms with Crippen molar-refractivity contribution in [2.75, 3.05) is 37.7 Å². The number of rotatable bonds is 8. The van der Waals surface area contributed by atoms with Gasteiger partial charge in [-0.25, -0.2) is 13.8 Å². The average molecular weight is 558 g/mol. The molecule has 8 heteroatoms. The molecule has 1 saturated heterocycles. The fourth-order valence-electron chi connectivity index (χ4n) is 3.75. The van der Waals surface area contributed by atoms with Gasteiger partial charge in [-0.1, -0.05) is 12.1 Å². The fraction of sp³-hybridized carbons (Fsp3) is 0.458. The third kappa shape index (κ3) is 7.88. The Hall–Kier alpha value is -1.94. The van der Waals surface area contributed by atoms with Crippen LogP contribution in [-0.2, 0) is 13.0 Å². The number of anilines is 1. The average Bonchev–Trinajstić information content (AvgIpc) is 2.80. The summed E-state index contributed by atoms with van der Waals surface area (Å²) in [6.45, 7) is 5.91. The van der Waals surface area contributed by atoms with Crippen LogP contribution in [0.5, 0.6) is 0 Å². The summed E-state index contributed by atoms with van der Waals surface area (Å²) in [6, 6.07) is 11.9. The number of piperidine rings is 1.